The third-order valence-corrected chi connectivity index (χ3v) is 2.97. The van der Waals surface area contributed by atoms with Gasteiger partial charge in [0, 0.05) is 7.11 Å². The van der Waals surface area contributed by atoms with Gasteiger partial charge in [0.1, 0.15) is 6.79 Å². The quantitative estimate of drug-likeness (QED) is 0.649. The van der Waals surface area contributed by atoms with E-state index >= 15 is 0 Å². The Hall–Kier alpha value is -0.0800. The summed E-state index contributed by atoms with van der Waals surface area (Å²) in [6.45, 7) is 0.463. The van der Waals surface area contributed by atoms with Crippen molar-refractivity contribution in [3.05, 3.63) is 0 Å². The molecule has 1 aliphatic carbocycles. The van der Waals surface area contributed by atoms with Gasteiger partial charge < -0.3 is 9.47 Å². The Balaban J connectivity index is 2.16. The number of hydrogen-bond donors (Lipinski definition) is 0. The molecule has 2 nitrogen and oxygen atoms in total. The van der Waals surface area contributed by atoms with Crippen LogP contribution < -0.4 is 0 Å². The van der Waals surface area contributed by atoms with Crippen LogP contribution in [0.3, 0.4) is 0 Å². The summed E-state index contributed by atoms with van der Waals surface area (Å²) in [7, 11) is 1.69. The zero-order chi connectivity index (χ0) is 10.1. The van der Waals surface area contributed by atoms with Crippen molar-refractivity contribution in [3.63, 3.8) is 0 Å². The van der Waals surface area contributed by atoms with E-state index in [1.54, 1.807) is 7.11 Å². The molecule has 0 aliphatic heterocycles. The zero-order valence-corrected chi connectivity index (χ0v) is 9.46. The molecule has 1 saturated carbocycles. The topological polar surface area (TPSA) is 18.5 Å². The lowest BCUT2D eigenvalue weighted by molar-refractivity contribution is -0.0778. The summed E-state index contributed by atoms with van der Waals surface area (Å²) in [5.74, 6) is 0. The normalized spacial score (nSPS) is 22.1. The molecule has 0 radical (unpaired) electrons. The molecule has 0 aromatic carbocycles. The van der Waals surface area contributed by atoms with E-state index in [-0.39, 0.29) is 0 Å². The molecular weight excluding hydrogens is 176 g/mol. The lowest BCUT2D eigenvalue weighted by Crippen LogP contribution is -2.15. The predicted molar refractivity (Wildman–Crippen MR) is 58.3 cm³/mol. The van der Waals surface area contributed by atoms with Gasteiger partial charge in [-0.2, -0.15) is 0 Å². The molecule has 0 N–H and O–H groups in total. The maximum atomic E-state index is 5.64. The summed E-state index contributed by atoms with van der Waals surface area (Å²) in [5.41, 5.74) is 0. The molecule has 0 bridgehead atoms. The molecule has 84 valence electrons. The third kappa shape index (κ3) is 5.61. The van der Waals surface area contributed by atoms with E-state index < -0.39 is 0 Å². The lowest BCUT2D eigenvalue weighted by atomic mass is 9.99. The summed E-state index contributed by atoms with van der Waals surface area (Å²) in [4.78, 5) is 0. The molecule has 1 aliphatic rings. The van der Waals surface area contributed by atoms with Gasteiger partial charge in [0.2, 0.25) is 0 Å². The Labute approximate surface area is 88.0 Å². The zero-order valence-electron chi connectivity index (χ0n) is 9.46. The van der Waals surface area contributed by atoms with E-state index in [1.807, 2.05) is 0 Å². The molecule has 0 amide bonds. The molecule has 14 heavy (non-hydrogen) atoms. The molecular formula is C12H24O2. The average Bonchev–Trinajstić information content (AvgIpc) is 2.23. The number of methoxy groups -OCH3 is 1. The average molecular weight is 200 g/mol. The van der Waals surface area contributed by atoms with E-state index in [1.165, 1.54) is 57.8 Å². The standard InChI is InChI=1S/C12H24O2/c1-13-11-14-12-9-7-5-3-2-4-6-8-10-12/h12H,2-11H2,1H3. The van der Waals surface area contributed by atoms with E-state index in [4.69, 9.17) is 9.47 Å². The maximum absolute atomic E-state index is 5.64. The number of rotatable bonds is 3. The molecule has 1 fully saturated rings. The minimum atomic E-state index is 0.452. The summed E-state index contributed by atoms with van der Waals surface area (Å²) < 4.78 is 10.6. The SMILES string of the molecule is COCOC1CCCCCCCCC1. The van der Waals surface area contributed by atoms with Crippen molar-refractivity contribution in [1.29, 1.82) is 0 Å². The Morgan fingerprint density at radius 2 is 1.36 bits per heavy atom. The van der Waals surface area contributed by atoms with Crippen molar-refractivity contribution in [2.75, 3.05) is 13.9 Å². The van der Waals surface area contributed by atoms with Gasteiger partial charge in [-0.3, -0.25) is 0 Å². The first-order valence-corrected chi connectivity index (χ1v) is 6.04. The monoisotopic (exact) mass is 200 g/mol. The minimum absolute atomic E-state index is 0.452. The number of ether oxygens (including phenoxy) is 2. The third-order valence-electron chi connectivity index (χ3n) is 2.97. The van der Waals surface area contributed by atoms with Crippen molar-refractivity contribution >= 4 is 0 Å². The first-order valence-electron chi connectivity index (χ1n) is 6.04. The molecule has 0 heterocycles. The molecule has 0 unspecified atom stereocenters. The second-order valence-electron chi connectivity index (χ2n) is 4.25. The minimum Gasteiger partial charge on any atom is -0.359 e. The van der Waals surface area contributed by atoms with E-state index in [0.717, 1.165) is 0 Å². The van der Waals surface area contributed by atoms with Crippen molar-refractivity contribution in [2.24, 2.45) is 0 Å². The van der Waals surface area contributed by atoms with Gasteiger partial charge in [-0.1, -0.05) is 44.9 Å². The van der Waals surface area contributed by atoms with Crippen molar-refractivity contribution in [3.8, 4) is 0 Å². The molecule has 0 atom stereocenters. The van der Waals surface area contributed by atoms with E-state index in [9.17, 15) is 0 Å². The fourth-order valence-corrected chi connectivity index (χ4v) is 2.10. The Kier molecular flexibility index (Phi) is 7.06. The largest absolute Gasteiger partial charge is 0.359 e. The second kappa shape index (κ2) is 8.25. The first kappa shape index (κ1) is 12.0. The Morgan fingerprint density at radius 1 is 0.857 bits per heavy atom. The van der Waals surface area contributed by atoms with Crippen LogP contribution in [0.15, 0.2) is 0 Å². The van der Waals surface area contributed by atoms with Crippen LogP contribution >= 0.6 is 0 Å². The summed E-state index contributed by atoms with van der Waals surface area (Å²) >= 11 is 0. The summed E-state index contributed by atoms with van der Waals surface area (Å²) in [6, 6.07) is 0. The lowest BCUT2D eigenvalue weighted by Gasteiger charge is -2.18. The second-order valence-corrected chi connectivity index (χ2v) is 4.25. The van der Waals surface area contributed by atoms with Crippen molar-refractivity contribution < 1.29 is 9.47 Å². The van der Waals surface area contributed by atoms with Crippen LogP contribution in [0.2, 0.25) is 0 Å². The predicted octanol–water partition coefficient (Wildman–Crippen LogP) is 3.50. The molecule has 1 rings (SSSR count). The molecule has 0 aromatic rings. The van der Waals surface area contributed by atoms with Gasteiger partial charge in [-0.05, 0) is 12.8 Å². The van der Waals surface area contributed by atoms with Crippen LogP contribution in [0, 0.1) is 0 Å². The molecule has 0 spiro atoms. The number of hydrogen-bond acceptors (Lipinski definition) is 2. The van der Waals surface area contributed by atoms with Crippen LogP contribution in [0.25, 0.3) is 0 Å². The van der Waals surface area contributed by atoms with Crippen molar-refractivity contribution in [1.82, 2.24) is 0 Å². The van der Waals surface area contributed by atoms with Gasteiger partial charge in [-0.15, -0.1) is 0 Å². The molecule has 2 heteroatoms. The molecule has 0 saturated heterocycles. The van der Waals surface area contributed by atoms with Crippen LogP contribution in [-0.4, -0.2) is 20.0 Å². The summed E-state index contributed by atoms with van der Waals surface area (Å²) in [6.07, 6.45) is 12.6. The highest BCUT2D eigenvalue weighted by Crippen LogP contribution is 2.18. The first-order chi connectivity index (χ1) is 6.93. The van der Waals surface area contributed by atoms with E-state index in [0.29, 0.717) is 12.9 Å². The maximum Gasteiger partial charge on any atom is 0.146 e. The highest BCUT2D eigenvalue weighted by Gasteiger charge is 2.09. The Bertz CT molecular complexity index is 115. The van der Waals surface area contributed by atoms with Gasteiger partial charge in [0.05, 0.1) is 6.10 Å². The van der Waals surface area contributed by atoms with Crippen LogP contribution in [0.5, 0.6) is 0 Å². The molecule has 0 aromatic heterocycles. The summed E-state index contributed by atoms with van der Waals surface area (Å²) in [5, 5.41) is 0. The van der Waals surface area contributed by atoms with E-state index in [2.05, 4.69) is 0 Å². The van der Waals surface area contributed by atoms with Crippen LogP contribution in [0.1, 0.15) is 57.8 Å². The van der Waals surface area contributed by atoms with Crippen molar-refractivity contribution in [2.45, 2.75) is 63.9 Å². The highest BCUT2D eigenvalue weighted by molar-refractivity contribution is 4.61. The van der Waals surface area contributed by atoms with Gasteiger partial charge in [0.25, 0.3) is 0 Å². The fraction of sp³-hybridized carbons (Fsp3) is 1.00. The van der Waals surface area contributed by atoms with Gasteiger partial charge >= 0.3 is 0 Å². The van der Waals surface area contributed by atoms with Crippen LogP contribution in [-0.2, 0) is 9.47 Å². The smallest absolute Gasteiger partial charge is 0.146 e. The Morgan fingerprint density at radius 3 is 1.86 bits per heavy atom. The fourth-order valence-electron chi connectivity index (χ4n) is 2.10. The van der Waals surface area contributed by atoms with Gasteiger partial charge in [0.15, 0.2) is 0 Å². The highest BCUT2D eigenvalue weighted by atomic mass is 16.7. The van der Waals surface area contributed by atoms with Gasteiger partial charge in [-0.25, -0.2) is 0 Å². The van der Waals surface area contributed by atoms with Crippen LogP contribution in [0.4, 0.5) is 0 Å².